The van der Waals surface area contributed by atoms with E-state index in [1.54, 1.807) is 30.3 Å². The summed E-state index contributed by atoms with van der Waals surface area (Å²) >= 11 is 1.37. The van der Waals surface area contributed by atoms with Gasteiger partial charge < -0.3 is 4.74 Å². The molecule has 0 fully saturated rings. The number of rotatable bonds is 3. The van der Waals surface area contributed by atoms with Gasteiger partial charge in [-0.15, -0.1) is 21.5 Å². The predicted molar refractivity (Wildman–Crippen MR) is 139 cm³/mol. The number of thiophene rings is 1. The lowest BCUT2D eigenvalue weighted by Crippen LogP contribution is -2.19. The number of hydrogen-bond donors (Lipinski definition) is 0. The van der Waals surface area contributed by atoms with Gasteiger partial charge in [0.25, 0.3) is 0 Å². The van der Waals surface area contributed by atoms with Crippen molar-refractivity contribution < 1.29 is 44.3 Å². The highest BCUT2D eigenvalue weighted by molar-refractivity contribution is 7.22. The highest BCUT2D eigenvalue weighted by Gasteiger charge is 2.47. The van der Waals surface area contributed by atoms with Crippen molar-refractivity contribution in [2.45, 2.75) is 18.5 Å². The van der Waals surface area contributed by atoms with E-state index < -0.39 is 52.9 Å². The molecule has 0 saturated carbocycles. The van der Waals surface area contributed by atoms with Crippen LogP contribution in [-0.2, 0) is 18.5 Å². The van der Waals surface area contributed by atoms with Crippen molar-refractivity contribution in [1.29, 1.82) is 0 Å². The molecule has 0 atom stereocenters. The van der Waals surface area contributed by atoms with Crippen LogP contribution < -0.4 is 4.74 Å². The second kappa shape index (κ2) is 9.58. The van der Waals surface area contributed by atoms with Crippen molar-refractivity contribution in [3.63, 3.8) is 0 Å². The monoisotopic (exact) mass is 608 g/mol. The van der Waals surface area contributed by atoms with Gasteiger partial charge in [-0.3, -0.25) is 0 Å². The van der Waals surface area contributed by atoms with Gasteiger partial charge in [-0.25, -0.2) is 0 Å². The summed E-state index contributed by atoms with van der Waals surface area (Å²) in [6.45, 7) is 0. The zero-order valence-electron chi connectivity index (χ0n) is 20.6. The largest absolute Gasteiger partial charge is 0.436 e. The Morgan fingerprint density at radius 3 is 1.69 bits per heavy atom. The molecule has 0 aliphatic heterocycles. The maximum absolute atomic E-state index is 13.9. The Morgan fingerprint density at radius 2 is 1.10 bits per heavy atom. The zero-order valence-corrected chi connectivity index (χ0v) is 21.4. The van der Waals surface area contributed by atoms with Crippen LogP contribution >= 0.6 is 11.3 Å². The number of ether oxygens (including phenoxy) is 1. The zero-order chi connectivity index (χ0) is 30.0. The Hall–Kier alpha value is -4.39. The van der Waals surface area contributed by atoms with Gasteiger partial charge in [-0.2, -0.15) is 39.5 Å². The van der Waals surface area contributed by atoms with E-state index >= 15 is 0 Å². The molecule has 0 N–H and O–H groups in total. The van der Waals surface area contributed by atoms with Crippen LogP contribution in [0, 0.1) is 0 Å². The molecule has 0 spiro atoms. The van der Waals surface area contributed by atoms with Gasteiger partial charge in [-0.1, -0.05) is 42.5 Å². The lowest BCUT2D eigenvalue weighted by atomic mass is 10.0. The SMILES string of the molecule is FC(F)(F)c1cc(C(F)(F)F)c(C(F)(F)F)cc1Oc1nnc(-c2cc3ccccc3s2)c2cc3ccccc3cc12. The van der Waals surface area contributed by atoms with E-state index in [2.05, 4.69) is 10.2 Å². The third kappa shape index (κ3) is 4.97. The van der Waals surface area contributed by atoms with E-state index in [9.17, 15) is 39.5 Å². The molecule has 0 bridgehead atoms. The number of halogens is 9. The van der Waals surface area contributed by atoms with Gasteiger partial charge in [0.15, 0.2) is 0 Å². The summed E-state index contributed by atoms with van der Waals surface area (Å²) in [7, 11) is 0. The molecule has 0 aliphatic rings. The molecule has 13 heteroatoms. The standard InChI is InChI=1S/C29H13F9N2OS/c30-27(31,32)19-12-21(29(36,37)38)22(13-20(19)28(33,34)35)41-26-18-10-15-6-2-1-5-14(15)9-17(18)25(39-40-26)24-11-16-7-3-4-8-23(16)42-24/h1-13H. The first-order valence-electron chi connectivity index (χ1n) is 12.0. The van der Waals surface area contributed by atoms with Crippen molar-refractivity contribution in [2.75, 3.05) is 0 Å². The fourth-order valence-electron chi connectivity index (χ4n) is 4.63. The first-order chi connectivity index (χ1) is 19.7. The molecule has 2 heterocycles. The van der Waals surface area contributed by atoms with Gasteiger partial charge in [0.2, 0.25) is 5.88 Å². The fraction of sp³-hybridized carbons (Fsp3) is 0.103. The summed E-state index contributed by atoms with van der Waals surface area (Å²) in [5.74, 6) is -2.11. The van der Waals surface area contributed by atoms with Crippen molar-refractivity contribution in [3.05, 3.63) is 95.6 Å². The van der Waals surface area contributed by atoms with E-state index in [-0.39, 0.29) is 11.5 Å². The summed E-state index contributed by atoms with van der Waals surface area (Å²) in [5.41, 5.74) is -6.53. The molecule has 6 aromatic rings. The molecule has 3 nitrogen and oxygen atoms in total. The molecule has 0 aliphatic carbocycles. The first-order valence-corrected chi connectivity index (χ1v) is 12.8. The molecule has 4 aromatic carbocycles. The predicted octanol–water partition coefficient (Wildman–Crippen LogP) is 10.5. The molecule has 6 rings (SSSR count). The maximum atomic E-state index is 13.9. The number of nitrogens with zero attached hydrogens (tertiary/aromatic N) is 2. The third-order valence-corrected chi connectivity index (χ3v) is 7.64. The number of fused-ring (bicyclic) bond motifs is 3. The lowest BCUT2D eigenvalue weighted by Gasteiger charge is -2.21. The van der Waals surface area contributed by atoms with Crippen LogP contribution in [0.4, 0.5) is 39.5 Å². The molecule has 0 amide bonds. The van der Waals surface area contributed by atoms with E-state index in [4.69, 9.17) is 4.74 Å². The smallest absolute Gasteiger partial charge is 0.420 e. The molecule has 0 saturated heterocycles. The van der Waals surface area contributed by atoms with Crippen LogP contribution in [0.5, 0.6) is 11.6 Å². The van der Waals surface area contributed by atoms with E-state index in [1.165, 1.54) is 17.4 Å². The van der Waals surface area contributed by atoms with Gasteiger partial charge in [0, 0.05) is 15.5 Å². The summed E-state index contributed by atoms with van der Waals surface area (Å²) in [6.07, 6.45) is -16.9. The number of hydrogen-bond acceptors (Lipinski definition) is 4. The van der Waals surface area contributed by atoms with Crippen molar-refractivity contribution >= 4 is 43.0 Å². The summed E-state index contributed by atoms with van der Waals surface area (Å²) in [6, 6.07) is 18.5. The normalized spacial score (nSPS) is 12.9. The topological polar surface area (TPSA) is 35.0 Å². The van der Waals surface area contributed by atoms with Crippen LogP contribution in [0.15, 0.2) is 78.9 Å². The molecule has 214 valence electrons. The molecule has 0 radical (unpaired) electrons. The Kier molecular flexibility index (Phi) is 6.33. The quantitative estimate of drug-likeness (QED) is 0.148. The van der Waals surface area contributed by atoms with Crippen molar-refractivity contribution in [2.24, 2.45) is 0 Å². The summed E-state index contributed by atoms with van der Waals surface area (Å²) in [5, 5.41) is 10.7. The summed E-state index contributed by atoms with van der Waals surface area (Å²) in [4.78, 5) is 0.653. The summed E-state index contributed by atoms with van der Waals surface area (Å²) < 4.78 is 129. The molecule has 0 unspecified atom stereocenters. The minimum Gasteiger partial charge on any atom is -0.436 e. The molecular weight excluding hydrogens is 595 g/mol. The maximum Gasteiger partial charge on any atom is 0.420 e. The van der Waals surface area contributed by atoms with Crippen molar-refractivity contribution in [3.8, 4) is 22.2 Å². The van der Waals surface area contributed by atoms with Gasteiger partial charge in [0.05, 0.1) is 21.6 Å². The van der Waals surface area contributed by atoms with Crippen LogP contribution in [0.3, 0.4) is 0 Å². The molecular formula is C29H13F9N2OS. The second-order valence-corrected chi connectivity index (χ2v) is 10.3. The average Bonchev–Trinajstić information content (AvgIpc) is 3.34. The van der Waals surface area contributed by atoms with Gasteiger partial charge in [-0.05, 0) is 52.6 Å². The van der Waals surface area contributed by atoms with Crippen LogP contribution in [0.25, 0.3) is 42.2 Å². The van der Waals surface area contributed by atoms with Crippen LogP contribution in [0.1, 0.15) is 16.7 Å². The Balaban J connectivity index is 1.60. The Bertz CT molecular complexity index is 1960. The minimum absolute atomic E-state index is 0.0951. The number of aromatic nitrogens is 2. The van der Waals surface area contributed by atoms with E-state index in [0.717, 1.165) is 15.5 Å². The van der Waals surface area contributed by atoms with Crippen LogP contribution in [0.2, 0.25) is 0 Å². The lowest BCUT2D eigenvalue weighted by molar-refractivity contribution is -0.163. The Labute approximate surface area is 233 Å². The number of benzene rings is 4. The van der Waals surface area contributed by atoms with Gasteiger partial charge in [0.1, 0.15) is 11.4 Å². The average molecular weight is 608 g/mol. The molecule has 2 aromatic heterocycles. The molecule has 42 heavy (non-hydrogen) atoms. The fourth-order valence-corrected chi connectivity index (χ4v) is 5.69. The first kappa shape index (κ1) is 27.8. The second-order valence-electron chi connectivity index (χ2n) is 9.24. The van der Waals surface area contributed by atoms with Crippen molar-refractivity contribution in [1.82, 2.24) is 10.2 Å². The minimum atomic E-state index is -5.72. The van der Waals surface area contributed by atoms with E-state index in [1.807, 2.05) is 30.3 Å². The van der Waals surface area contributed by atoms with Crippen LogP contribution in [-0.4, -0.2) is 10.2 Å². The Morgan fingerprint density at radius 1 is 0.548 bits per heavy atom. The highest BCUT2D eigenvalue weighted by Crippen LogP contribution is 2.48. The number of alkyl halides is 9. The van der Waals surface area contributed by atoms with E-state index in [0.29, 0.717) is 21.3 Å². The van der Waals surface area contributed by atoms with Gasteiger partial charge >= 0.3 is 18.5 Å². The highest BCUT2D eigenvalue weighted by atomic mass is 32.1. The third-order valence-electron chi connectivity index (χ3n) is 6.51.